The van der Waals surface area contributed by atoms with Crippen LogP contribution in [0.4, 0.5) is 0 Å². The zero-order valence-electron chi connectivity index (χ0n) is 14.6. The van der Waals surface area contributed by atoms with Crippen molar-refractivity contribution >= 4 is 5.91 Å². The van der Waals surface area contributed by atoms with E-state index in [1.165, 1.54) is 11.1 Å². The van der Waals surface area contributed by atoms with E-state index in [0.717, 1.165) is 31.7 Å². The van der Waals surface area contributed by atoms with Gasteiger partial charge in [-0.15, -0.1) is 0 Å². The number of ether oxygens (including phenoxy) is 1. The normalized spacial score (nSPS) is 14.7. The zero-order valence-corrected chi connectivity index (χ0v) is 14.6. The Kier molecular flexibility index (Phi) is 5.86. The first-order valence-electron chi connectivity index (χ1n) is 8.75. The largest absolute Gasteiger partial charge is 0.494 e. The lowest BCUT2D eigenvalue weighted by Gasteiger charge is -2.27. The van der Waals surface area contributed by atoms with Gasteiger partial charge in [-0.05, 0) is 49.6 Å². The van der Waals surface area contributed by atoms with E-state index in [-0.39, 0.29) is 5.91 Å². The fourth-order valence-electron chi connectivity index (χ4n) is 2.91. The number of carbonyl (C=O) groups is 1. The Balaban J connectivity index is 1.51. The molecule has 0 spiro atoms. The molecule has 3 rings (SSSR count). The minimum Gasteiger partial charge on any atom is -0.494 e. The van der Waals surface area contributed by atoms with Crippen molar-refractivity contribution in [3.05, 3.63) is 77.4 Å². The summed E-state index contributed by atoms with van der Waals surface area (Å²) in [7, 11) is 0. The number of hydrazine groups is 1. The fourth-order valence-corrected chi connectivity index (χ4v) is 2.91. The van der Waals surface area contributed by atoms with Crippen LogP contribution in [0.2, 0.25) is 0 Å². The van der Waals surface area contributed by atoms with Crippen LogP contribution in [-0.2, 0) is 6.42 Å². The maximum Gasteiger partial charge on any atom is 0.265 e. The number of benzene rings is 2. The van der Waals surface area contributed by atoms with Crippen molar-refractivity contribution in [3.8, 4) is 5.75 Å². The SMILES string of the molecule is CCOc1ccc(C(=O)NN2CC=C(Cc3ccccc3)CC2)cc1. The third-order valence-corrected chi connectivity index (χ3v) is 4.26. The van der Waals surface area contributed by atoms with Crippen molar-refractivity contribution in [2.75, 3.05) is 19.7 Å². The lowest BCUT2D eigenvalue weighted by Crippen LogP contribution is -2.44. The van der Waals surface area contributed by atoms with E-state index in [4.69, 9.17) is 4.74 Å². The summed E-state index contributed by atoms with van der Waals surface area (Å²) in [6.07, 6.45) is 4.18. The Bertz CT molecular complexity index is 723. The first kappa shape index (κ1) is 17.2. The van der Waals surface area contributed by atoms with Gasteiger partial charge in [0.1, 0.15) is 5.75 Å². The molecule has 4 nitrogen and oxygen atoms in total. The van der Waals surface area contributed by atoms with Gasteiger partial charge in [0.05, 0.1) is 6.61 Å². The van der Waals surface area contributed by atoms with Crippen LogP contribution in [0.15, 0.2) is 66.2 Å². The predicted octanol–water partition coefficient (Wildman–Crippen LogP) is 3.60. The molecule has 2 aromatic rings. The number of hydrogen-bond acceptors (Lipinski definition) is 3. The molecule has 1 N–H and O–H groups in total. The molecule has 1 amide bonds. The monoisotopic (exact) mass is 336 g/mol. The average molecular weight is 336 g/mol. The van der Waals surface area contributed by atoms with Crippen molar-refractivity contribution in [1.82, 2.24) is 10.4 Å². The molecule has 2 aromatic carbocycles. The van der Waals surface area contributed by atoms with Gasteiger partial charge < -0.3 is 4.74 Å². The van der Waals surface area contributed by atoms with Gasteiger partial charge in [0.15, 0.2) is 0 Å². The minimum absolute atomic E-state index is 0.0806. The van der Waals surface area contributed by atoms with E-state index in [9.17, 15) is 4.79 Å². The predicted molar refractivity (Wildman–Crippen MR) is 99.5 cm³/mol. The maximum absolute atomic E-state index is 12.3. The van der Waals surface area contributed by atoms with Gasteiger partial charge in [0.2, 0.25) is 0 Å². The number of nitrogens with one attached hydrogen (secondary N) is 1. The molecular weight excluding hydrogens is 312 g/mol. The summed E-state index contributed by atoms with van der Waals surface area (Å²) < 4.78 is 5.40. The highest BCUT2D eigenvalue weighted by molar-refractivity contribution is 5.93. The Morgan fingerprint density at radius 3 is 2.52 bits per heavy atom. The molecule has 0 saturated carbocycles. The Hall–Kier alpha value is -2.59. The lowest BCUT2D eigenvalue weighted by molar-refractivity contribution is 0.0801. The minimum atomic E-state index is -0.0806. The molecular formula is C21H24N2O2. The molecule has 25 heavy (non-hydrogen) atoms. The van der Waals surface area contributed by atoms with E-state index in [1.807, 2.05) is 30.1 Å². The quantitative estimate of drug-likeness (QED) is 0.820. The number of amides is 1. The smallest absolute Gasteiger partial charge is 0.265 e. The fraction of sp³-hybridized carbons (Fsp3) is 0.286. The summed E-state index contributed by atoms with van der Waals surface area (Å²) in [6, 6.07) is 17.7. The van der Waals surface area contributed by atoms with Crippen LogP contribution in [0.1, 0.15) is 29.3 Å². The summed E-state index contributed by atoms with van der Waals surface area (Å²) in [6.45, 7) is 4.14. The molecule has 0 aromatic heterocycles. The molecule has 0 saturated heterocycles. The van der Waals surface area contributed by atoms with Gasteiger partial charge in [-0.25, -0.2) is 5.01 Å². The van der Waals surface area contributed by atoms with E-state index in [1.54, 1.807) is 12.1 Å². The van der Waals surface area contributed by atoms with Crippen LogP contribution in [0.5, 0.6) is 5.75 Å². The Labute approximate surface area is 149 Å². The van der Waals surface area contributed by atoms with Crippen LogP contribution >= 0.6 is 0 Å². The molecule has 0 atom stereocenters. The van der Waals surface area contributed by atoms with Crippen LogP contribution in [0.3, 0.4) is 0 Å². The highest BCUT2D eigenvalue weighted by Gasteiger charge is 2.15. The number of hydrogen-bond donors (Lipinski definition) is 1. The van der Waals surface area contributed by atoms with E-state index < -0.39 is 0 Å². The first-order valence-corrected chi connectivity index (χ1v) is 8.75. The maximum atomic E-state index is 12.3. The van der Waals surface area contributed by atoms with E-state index in [2.05, 4.69) is 35.8 Å². The second-order valence-corrected chi connectivity index (χ2v) is 6.12. The van der Waals surface area contributed by atoms with Crippen LogP contribution < -0.4 is 10.2 Å². The third-order valence-electron chi connectivity index (χ3n) is 4.26. The van der Waals surface area contributed by atoms with Crippen molar-refractivity contribution in [2.24, 2.45) is 0 Å². The molecule has 4 heteroatoms. The molecule has 0 aliphatic carbocycles. The summed E-state index contributed by atoms with van der Waals surface area (Å²) in [5, 5.41) is 1.97. The highest BCUT2D eigenvalue weighted by Crippen LogP contribution is 2.16. The van der Waals surface area contributed by atoms with Gasteiger partial charge in [-0.2, -0.15) is 0 Å². The summed E-state index contributed by atoms with van der Waals surface area (Å²) in [5.74, 6) is 0.702. The van der Waals surface area contributed by atoms with E-state index >= 15 is 0 Å². The lowest BCUT2D eigenvalue weighted by atomic mass is 10.0. The van der Waals surface area contributed by atoms with Gasteiger partial charge in [-0.3, -0.25) is 10.2 Å². The number of rotatable bonds is 6. The summed E-state index contributed by atoms with van der Waals surface area (Å²) in [4.78, 5) is 12.3. The van der Waals surface area contributed by atoms with Gasteiger partial charge in [0, 0.05) is 18.7 Å². The van der Waals surface area contributed by atoms with Gasteiger partial charge in [-0.1, -0.05) is 42.0 Å². The molecule has 1 heterocycles. The standard InChI is InChI=1S/C21H24N2O2/c1-2-25-20-10-8-19(9-11-20)21(24)22-23-14-12-18(13-15-23)16-17-6-4-3-5-7-17/h3-12H,2,13-16H2,1H3,(H,22,24). The molecule has 0 radical (unpaired) electrons. The Morgan fingerprint density at radius 2 is 1.88 bits per heavy atom. The van der Waals surface area contributed by atoms with Crippen LogP contribution in [0.25, 0.3) is 0 Å². The van der Waals surface area contributed by atoms with Crippen LogP contribution in [-0.4, -0.2) is 30.6 Å². The third kappa shape index (κ3) is 4.94. The van der Waals surface area contributed by atoms with Gasteiger partial charge >= 0.3 is 0 Å². The number of nitrogens with zero attached hydrogens (tertiary/aromatic N) is 1. The molecule has 0 bridgehead atoms. The van der Waals surface area contributed by atoms with Crippen LogP contribution in [0, 0.1) is 0 Å². The molecule has 0 unspecified atom stereocenters. The highest BCUT2D eigenvalue weighted by atomic mass is 16.5. The first-order chi connectivity index (χ1) is 12.2. The topological polar surface area (TPSA) is 41.6 Å². The zero-order chi connectivity index (χ0) is 17.5. The second-order valence-electron chi connectivity index (χ2n) is 6.12. The number of carbonyl (C=O) groups excluding carboxylic acids is 1. The van der Waals surface area contributed by atoms with E-state index in [0.29, 0.717) is 12.2 Å². The molecule has 1 aliphatic heterocycles. The summed E-state index contributed by atoms with van der Waals surface area (Å²) in [5.41, 5.74) is 6.38. The second kappa shape index (κ2) is 8.49. The molecule has 0 fully saturated rings. The Morgan fingerprint density at radius 1 is 1.12 bits per heavy atom. The molecule has 130 valence electrons. The van der Waals surface area contributed by atoms with Gasteiger partial charge in [0.25, 0.3) is 5.91 Å². The van der Waals surface area contributed by atoms with Crippen molar-refractivity contribution < 1.29 is 9.53 Å². The van der Waals surface area contributed by atoms with Crippen molar-refractivity contribution in [3.63, 3.8) is 0 Å². The van der Waals surface area contributed by atoms with Crippen molar-refractivity contribution in [2.45, 2.75) is 19.8 Å². The van der Waals surface area contributed by atoms with Crippen molar-refractivity contribution in [1.29, 1.82) is 0 Å². The summed E-state index contributed by atoms with van der Waals surface area (Å²) >= 11 is 0. The average Bonchev–Trinajstić information content (AvgIpc) is 2.65. The molecule has 1 aliphatic rings.